The molecule has 1 saturated carbocycles. The first kappa shape index (κ1) is 15.8. The molecule has 1 aromatic heterocycles. The Balaban J connectivity index is 2.25. The van der Waals surface area contributed by atoms with E-state index in [1.54, 1.807) is 4.68 Å². The van der Waals surface area contributed by atoms with E-state index in [9.17, 15) is 8.42 Å². The molecule has 0 atom stereocenters. The second kappa shape index (κ2) is 6.45. The van der Waals surface area contributed by atoms with Gasteiger partial charge in [0.15, 0.2) is 0 Å². The maximum atomic E-state index is 11.6. The van der Waals surface area contributed by atoms with Gasteiger partial charge in [0.05, 0.1) is 24.5 Å². The van der Waals surface area contributed by atoms with E-state index in [0.29, 0.717) is 18.2 Å². The lowest BCUT2D eigenvalue weighted by Crippen LogP contribution is -2.14. The van der Waals surface area contributed by atoms with Crippen LogP contribution >= 0.6 is 10.7 Å². The molecule has 5 nitrogen and oxygen atoms in total. The van der Waals surface area contributed by atoms with Crippen molar-refractivity contribution in [1.82, 2.24) is 9.78 Å². The van der Waals surface area contributed by atoms with Crippen LogP contribution in [0.25, 0.3) is 0 Å². The van der Waals surface area contributed by atoms with Crippen LogP contribution in [0.1, 0.15) is 51.3 Å². The summed E-state index contributed by atoms with van der Waals surface area (Å²) in [4.78, 5) is 0.0785. The molecule has 0 N–H and O–H groups in total. The minimum absolute atomic E-state index is 0.0785. The van der Waals surface area contributed by atoms with Gasteiger partial charge in [-0.3, -0.25) is 4.68 Å². The van der Waals surface area contributed by atoms with E-state index in [4.69, 9.17) is 15.4 Å². The Morgan fingerprint density at radius 2 is 2.10 bits per heavy atom. The van der Waals surface area contributed by atoms with Crippen LogP contribution in [0.5, 0.6) is 0 Å². The van der Waals surface area contributed by atoms with Gasteiger partial charge in [-0.05, 0) is 18.8 Å². The zero-order chi connectivity index (χ0) is 14.8. The van der Waals surface area contributed by atoms with E-state index in [0.717, 1.165) is 25.7 Å². The fraction of sp³-hybridized carbons (Fsp3) is 0.769. The van der Waals surface area contributed by atoms with Crippen LogP contribution in [-0.2, 0) is 20.4 Å². The normalized spacial score (nSPS) is 17.2. The molecule has 1 aromatic rings. The van der Waals surface area contributed by atoms with Gasteiger partial charge >= 0.3 is 0 Å². The van der Waals surface area contributed by atoms with Crippen molar-refractivity contribution in [2.45, 2.75) is 57.1 Å². The van der Waals surface area contributed by atoms with Gasteiger partial charge in [0.1, 0.15) is 4.90 Å². The van der Waals surface area contributed by atoms with Gasteiger partial charge in [-0.25, -0.2) is 8.42 Å². The van der Waals surface area contributed by atoms with Crippen LogP contribution in [0.2, 0.25) is 0 Å². The number of hydrogen-bond donors (Lipinski definition) is 0. The molecule has 7 heteroatoms. The SMILES string of the molecule is CC(C)COCc1c(S(=O)(=O)Cl)cnn1C1CCCC1. The molecule has 20 heavy (non-hydrogen) atoms. The summed E-state index contributed by atoms with van der Waals surface area (Å²) in [5.74, 6) is 0.397. The molecule has 0 unspecified atom stereocenters. The molecule has 2 rings (SSSR count). The molecule has 0 aliphatic heterocycles. The molecule has 0 aromatic carbocycles. The van der Waals surface area contributed by atoms with Gasteiger partial charge in [0, 0.05) is 17.3 Å². The van der Waals surface area contributed by atoms with Crippen LogP contribution in [0.4, 0.5) is 0 Å². The summed E-state index contributed by atoms with van der Waals surface area (Å²) < 4.78 is 30.7. The number of hydrogen-bond acceptors (Lipinski definition) is 4. The van der Waals surface area contributed by atoms with Crippen molar-refractivity contribution in [3.05, 3.63) is 11.9 Å². The van der Waals surface area contributed by atoms with E-state index in [1.165, 1.54) is 6.20 Å². The third-order valence-corrected chi connectivity index (χ3v) is 4.85. The highest BCUT2D eigenvalue weighted by Gasteiger charge is 2.26. The summed E-state index contributed by atoms with van der Waals surface area (Å²) in [6.45, 7) is 4.91. The second-order valence-electron chi connectivity index (χ2n) is 5.69. The highest BCUT2D eigenvalue weighted by Crippen LogP contribution is 2.32. The first-order chi connectivity index (χ1) is 9.39. The molecule has 0 spiro atoms. The molecule has 0 bridgehead atoms. The zero-order valence-electron chi connectivity index (χ0n) is 11.9. The zero-order valence-corrected chi connectivity index (χ0v) is 13.5. The smallest absolute Gasteiger partial charge is 0.264 e. The van der Waals surface area contributed by atoms with Crippen molar-refractivity contribution in [2.24, 2.45) is 5.92 Å². The molecule has 1 fully saturated rings. The number of ether oxygens (including phenoxy) is 1. The fourth-order valence-corrected chi connectivity index (χ4v) is 3.56. The van der Waals surface area contributed by atoms with Gasteiger partial charge in [0.2, 0.25) is 0 Å². The molecule has 0 radical (unpaired) electrons. The molecule has 1 heterocycles. The van der Waals surface area contributed by atoms with Crippen LogP contribution in [0.15, 0.2) is 11.1 Å². The Morgan fingerprint density at radius 3 is 2.65 bits per heavy atom. The summed E-state index contributed by atoms with van der Waals surface area (Å²) in [7, 11) is 1.70. The van der Waals surface area contributed by atoms with Gasteiger partial charge in [0.25, 0.3) is 9.05 Å². The molecular weight excluding hydrogens is 300 g/mol. The largest absolute Gasteiger partial charge is 0.375 e. The topological polar surface area (TPSA) is 61.2 Å². The predicted molar refractivity (Wildman–Crippen MR) is 77.3 cm³/mol. The maximum absolute atomic E-state index is 11.6. The third kappa shape index (κ3) is 3.74. The van der Waals surface area contributed by atoms with E-state index in [2.05, 4.69) is 5.10 Å². The summed E-state index contributed by atoms with van der Waals surface area (Å²) in [6, 6.07) is 0.264. The number of halogens is 1. The van der Waals surface area contributed by atoms with Gasteiger partial charge in [-0.1, -0.05) is 26.7 Å². The van der Waals surface area contributed by atoms with Crippen LogP contribution in [-0.4, -0.2) is 24.8 Å². The lowest BCUT2D eigenvalue weighted by molar-refractivity contribution is 0.0892. The Bertz CT molecular complexity index is 548. The van der Waals surface area contributed by atoms with Gasteiger partial charge < -0.3 is 4.74 Å². The van der Waals surface area contributed by atoms with Crippen molar-refractivity contribution < 1.29 is 13.2 Å². The maximum Gasteiger partial charge on any atom is 0.264 e. The van der Waals surface area contributed by atoms with E-state index < -0.39 is 9.05 Å². The van der Waals surface area contributed by atoms with Crippen LogP contribution in [0, 0.1) is 5.92 Å². The van der Waals surface area contributed by atoms with Crippen LogP contribution < -0.4 is 0 Å². The lowest BCUT2D eigenvalue weighted by Gasteiger charge is -2.15. The number of aromatic nitrogens is 2. The van der Waals surface area contributed by atoms with Crippen molar-refractivity contribution >= 4 is 19.7 Å². The van der Waals surface area contributed by atoms with Crippen molar-refractivity contribution in [2.75, 3.05) is 6.61 Å². The third-order valence-electron chi connectivity index (χ3n) is 3.48. The average Bonchev–Trinajstić information content (AvgIpc) is 2.93. The predicted octanol–water partition coefficient (Wildman–Crippen LogP) is 3.10. The summed E-state index contributed by atoms with van der Waals surface area (Å²) in [6.07, 6.45) is 5.70. The van der Waals surface area contributed by atoms with E-state index in [1.807, 2.05) is 13.8 Å². The van der Waals surface area contributed by atoms with E-state index in [-0.39, 0.29) is 17.5 Å². The minimum atomic E-state index is -3.78. The molecule has 114 valence electrons. The number of rotatable bonds is 6. The highest BCUT2D eigenvalue weighted by molar-refractivity contribution is 8.13. The molecule has 1 aliphatic carbocycles. The Morgan fingerprint density at radius 1 is 1.45 bits per heavy atom. The summed E-state index contributed by atoms with van der Waals surface area (Å²) in [5.41, 5.74) is 0.576. The lowest BCUT2D eigenvalue weighted by atomic mass is 10.2. The summed E-state index contributed by atoms with van der Waals surface area (Å²) >= 11 is 0. The van der Waals surface area contributed by atoms with Gasteiger partial charge in [-0.15, -0.1) is 0 Å². The number of nitrogens with zero attached hydrogens (tertiary/aromatic N) is 2. The molecular formula is C13H21ClN2O3S. The fourth-order valence-electron chi connectivity index (χ4n) is 2.57. The standard InChI is InChI=1S/C13H21ClN2O3S/c1-10(2)8-19-9-12-13(20(14,17)18)7-15-16(12)11-5-3-4-6-11/h7,10-11H,3-6,8-9H2,1-2H3. The minimum Gasteiger partial charge on any atom is -0.375 e. The van der Waals surface area contributed by atoms with E-state index >= 15 is 0 Å². The first-order valence-corrected chi connectivity index (χ1v) is 9.29. The van der Waals surface area contributed by atoms with Gasteiger partial charge in [-0.2, -0.15) is 5.10 Å². The summed E-state index contributed by atoms with van der Waals surface area (Å²) in [5, 5.41) is 4.24. The molecule has 1 aliphatic rings. The van der Waals surface area contributed by atoms with Crippen molar-refractivity contribution in [3.8, 4) is 0 Å². The van der Waals surface area contributed by atoms with Crippen LogP contribution in [0.3, 0.4) is 0 Å². The Labute approximate surface area is 124 Å². The van der Waals surface area contributed by atoms with Crippen molar-refractivity contribution in [1.29, 1.82) is 0 Å². The molecule has 0 saturated heterocycles. The quantitative estimate of drug-likeness (QED) is 0.756. The Hall–Kier alpha value is -0.590. The second-order valence-corrected chi connectivity index (χ2v) is 8.22. The Kier molecular flexibility index (Phi) is 5.09. The van der Waals surface area contributed by atoms with Crippen molar-refractivity contribution in [3.63, 3.8) is 0 Å². The first-order valence-electron chi connectivity index (χ1n) is 6.98. The highest BCUT2D eigenvalue weighted by atomic mass is 35.7. The molecule has 0 amide bonds. The monoisotopic (exact) mass is 320 g/mol. The average molecular weight is 321 g/mol.